The molecule has 5 heteroatoms. The number of piperazine rings is 1. The van der Waals surface area contributed by atoms with Crippen LogP contribution >= 0.6 is 0 Å². The third kappa shape index (κ3) is 3.31. The van der Waals surface area contributed by atoms with E-state index in [0.717, 1.165) is 18.7 Å². The lowest BCUT2D eigenvalue weighted by Crippen LogP contribution is -2.53. The Morgan fingerprint density at radius 3 is 3.00 bits per heavy atom. The van der Waals surface area contributed by atoms with Crippen molar-refractivity contribution >= 4 is 0 Å². The molecular formula is C16H22N4O. The predicted octanol–water partition coefficient (Wildman–Crippen LogP) is 2.23. The fraction of sp³-hybridized carbons (Fsp3) is 0.500. The van der Waals surface area contributed by atoms with Crippen LogP contribution in [-0.2, 0) is 6.54 Å². The highest BCUT2D eigenvalue weighted by molar-refractivity contribution is 5.53. The van der Waals surface area contributed by atoms with Crippen LogP contribution in [0.1, 0.15) is 25.3 Å². The first-order valence-electron chi connectivity index (χ1n) is 7.48. The molecule has 1 N–H and O–H groups in total. The highest BCUT2D eigenvalue weighted by Gasteiger charge is 2.24. The van der Waals surface area contributed by atoms with E-state index in [-0.39, 0.29) is 0 Å². The maximum Gasteiger partial charge on any atom is 0.247 e. The van der Waals surface area contributed by atoms with Gasteiger partial charge in [-0.3, -0.25) is 4.90 Å². The van der Waals surface area contributed by atoms with Gasteiger partial charge in [-0.05, 0) is 32.9 Å². The summed E-state index contributed by atoms with van der Waals surface area (Å²) in [6, 6.07) is 9.11. The lowest BCUT2D eigenvalue weighted by atomic mass is 10.1. The smallest absolute Gasteiger partial charge is 0.247 e. The zero-order valence-electron chi connectivity index (χ0n) is 12.8. The van der Waals surface area contributed by atoms with Crippen molar-refractivity contribution in [2.45, 2.75) is 39.4 Å². The second-order valence-electron chi connectivity index (χ2n) is 5.96. The monoisotopic (exact) mass is 286 g/mol. The van der Waals surface area contributed by atoms with E-state index in [4.69, 9.17) is 4.42 Å². The summed E-state index contributed by atoms with van der Waals surface area (Å²) in [5.74, 6) is 1.29. The molecule has 1 saturated heterocycles. The number of rotatable bonds is 3. The van der Waals surface area contributed by atoms with Crippen molar-refractivity contribution in [3.05, 3.63) is 35.7 Å². The summed E-state index contributed by atoms with van der Waals surface area (Å²) in [5, 5.41) is 11.9. The molecule has 2 unspecified atom stereocenters. The van der Waals surface area contributed by atoms with E-state index in [2.05, 4.69) is 53.3 Å². The lowest BCUT2D eigenvalue weighted by molar-refractivity contribution is 0.127. The van der Waals surface area contributed by atoms with Gasteiger partial charge in [0.15, 0.2) is 0 Å². The SMILES string of the molecule is Cc1cccc(-c2nnc(CN3CC(C)NCC3C)o2)c1. The summed E-state index contributed by atoms with van der Waals surface area (Å²) in [5.41, 5.74) is 2.17. The van der Waals surface area contributed by atoms with Gasteiger partial charge in [-0.25, -0.2) is 0 Å². The van der Waals surface area contributed by atoms with Crippen molar-refractivity contribution in [2.24, 2.45) is 0 Å². The van der Waals surface area contributed by atoms with Crippen LogP contribution in [0.4, 0.5) is 0 Å². The number of aryl methyl sites for hydroxylation is 1. The average molecular weight is 286 g/mol. The Hall–Kier alpha value is -1.72. The summed E-state index contributed by atoms with van der Waals surface area (Å²) in [6.07, 6.45) is 0. The van der Waals surface area contributed by atoms with E-state index in [1.165, 1.54) is 5.56 Å². The molecule has 2 atom stereocenters. The Morgan fingerprint density at radius 2 is 2.19 bits per heavy atom. The Bertz CT molecular complexity index is 610. The first-order chi connectivity index (χ1) is 10.1. The molecular weight excluding hydrogens is 264 g/mol. The van der Waals surface area contributed by atoms with Gasteiger partial charge in [0, 0.05) is 30.7 Å². The van der Waals surface area contributed by atoms with Crippen LogP contribution < -0.4 is 5.32 Å². The molecule has 0 radical (unpaired) electrons. The molecule has 2 heterocycles. The molecule has 0 saturated carbocycles. The van der Waals surface area contributed by atoms with Gasteiger partial charge in [0.25, 0.3) is 0 Å². The Balaban J connectivity index is 1.73. The number of hydrogen-bond donors (Lipinski definition) is 1. The molecule has 1 aromatic heterocycles. The lowest BCUT2D eigenvalue weighted by Gasteiger charge is -2.36. The minimum atomic E-state index is 0.482. The van der Waals surface area contributed by atoms with Crippen LogP contribution in [0.15, 0.2) is 28.7 Å². The summed E-state index contributed by atoms with van der Waals surface area (Å²) in [4.78, 5) is 2.38. The maximum absolute atomic E-state index is 5.83. The zero-order chi connectivity index (χ0) is 14.8. The van der Waals surface area contributed by atoms with E-state index in [0.29, 0.717) is 30.4 Å². The van der Waals surface area contributed by atoms with Gasteiger partial charge in [-0.1, -0.05) is 17.7 Å². The molecule has 0 aliphatic carbocycles. The Labute approximate surface area is 125 Å². The quantitative estimate of drug-likeness (QED) is 0.937. The van der Waals surface area contributed by atoms with Gasteiger partial charge in [0.1, 0.15) is 0 Å². The van der Waals surface area contributed by atoms with Crippen LogP contribution in [0.2, 0.25) is 0 Å². The highest BCUT2D eigenvalue weighted by Crippen LogP contribution is 2.20. The van der Waals surface area contributed by atoms with E-state index in [9.17, 15) is 0 Å². The molecule has 2 aromatic rings. The third-order valence-electron chi connectivity index (χ3n) is 3.96. The van der Waals surface area contributed by atoms with Crippen molar-refractivity contribution < 1.29 is 4.42 Å². The normalized spacial score (nSPS) is 23.4. The van der Waals surface area contributed by atoms with Gasteiger partial charge in [0.05, 0.1) is 6.54 Å². The predicted molar refractivity (Wildman–Crippen MR) is 81.8 cm³/mol. The number of nitrogens with zero attached hydrogens (tertiary/aromatic N) is 3. The first-order valence-corrected chi connectivity index (χ1v) is 7.48. The molecule has 0 bridgehead atoms. The first kappa shape index (κ1) is 14.2. The van der Waals surface area contributed by atoms with E-state index < -0.39 is 0 Å². The number of hydrogen-bond acceptors (Lipinski definition) is 5. The molecule has 21 heavy (non-hydrogen) atoms. The molecule has 1 aromatic carbocycles. The fourth-order valence-corrected chi connectivity index (χ4v) is 2.70. The average Bonchev–Trinajstić information content (AvgIpc) is 2.91. The van der Waals surface area contributed by atoms with Crippen LogP contribution in [0.3, 0.4) is 0 Å². The topological polar surface area (TPSA) is 54.2 Å². The second kappa shape index (κ2) is 5.95. The van der Waals surface area contributed by atoms with E-state index >= 15 is 0 Å². The van der Waals surface area contributed by atoms with Gasteiger partial charge in [-0.15, -0.1) is 10.2 Å². The standard InChI is InChI=1S/C16H22N4O/c1-11-5-4-6-14(7-11)16-19-18-15(21-16)10-20-9-12(2)17-8-13(20)3/h4-7,12-13,17H,8-10H2,1-3H3. The molecule has 3 rings (SSSR count). The summed E-state index contributed by atoms with van der Waals surface area (Å²) < 4.78 is 5.83. The molecule has 112 valence electrons. The minimum Gasteiger partial charge on any atom is -0.419 e. The van der Waals surface area contributed by atoms with Crippen LogP contribution in [0.25, 0.3) is 11.5 Å². The fourth-order valence-electron chi connectivity index (χ4n) is 2.70. The third-order valence-corrected chi connectivity index (χ3v) is 3.96. The summed E-state index contributed by atoms with van der Waals surface area (Å²) >= 11 is 0. The summed E-state index contributed by atoms with van der Waals surface area (Å²) in [6.45, 7) is 9.20. The maximum atomic E-state index is 5.83. The molecule has 0 spiro atoms. The van der Waals surface area contributed by atoms with Crippen LogP contribution in [0.5, 0.6) is 0 Å². The van der Waals surface area contributed by atoms with Gasteiger partial charge in [-0.2, -0.15) is 0 Å². The molecule has 1 aliphatic rings. The van der Waals surface area contributed by atoms with Crippen molar-refractivity contribution in [3.8, 4) is 11.5 Å². The second-order valence-corrected chi connectivity index (χ2v) is 5.96. The largest absolute Gasteiger partial charge is 0.419 e. The Morgan fingerprint density at radius 1 is 1.33 bits per heavy atom. The number of nitrogens with one attached hydrogen (secondary N) is 1. The Kier molecular flexibility index (Phi) is 4.03. The van der Waals surface area contributed by atoms with Gasteiger partial charge < -0.3 is 9.73 Å². The summed E-state index contributed by atoms with van der Waals surface area (Å²) in [7, 11) is 0. The highest BCUT2D eigenvalue weighted by atomic mass is 16.4. The minimum absolute atomic E-state index is 0.482. The van der Waals surface area contributed by atoms with Crippen LogP contribution in [-0.4, -0.2) is 40.3 Å². The molecule has 1 fully saturated rings. The number of benzene rings is 1. The molecule has 0 amide bonds. The van der Waals surface area contributed by atoms with Gasteiger partial charge >= 0.3 is 0 Å². The van der Waals surface area contributed by atoms with Crippen molar-refractivity contribution in [2.75, 3.05) is 13.1 Å². The van der Waals surface area contributed by atoms with Crippen LogP contribution in [0, 0.1) is 6.92 Å². The molecule has 5 nitrogen and oxygen atoms in total. The van der Waals surface area contributed by atoms with E-state index in [1.807, 2.05) is 12.1 Å². The van der Waals surface area contributed by atoms with E-state index in [1.54, 1.807) is 0 Å². The van der Waals surface area contributed by atoms with Crippen molar-refractivity contribution in [1.82, 2.24) is 20.4 Å². The molecule has 1 aliphatic heterocycles. The number of aromatic nitrogens is 2. The van der Waals surface area contributed by atoms with Gasteiger partial charge in [0.2, 0.25) is 11.8 Å². The van der Waals surface area contributed by atoms with Crippen molar-refractivity contribution in [1.29, 1.82) is 0 Å². The zero-order valence-corrected chi connectivity index (χ0v) is 12.8. The van der Waals surface area contributed by atoms with Crippen molar-refractivity contribution in [3.63, 3.8) is 0 Å².